The highest BCUT2D eigenvalue weighted by Gasteiger charge is 2.37. The summed E-state index contributed by atoms with van der Waals surface area (Å²) in [5, 5.41) is -0.493. The molecular formula is C18H25ClO. The minimum absolute atomic E-state index is 0.126. The van der Waals surface area contributed by atoms with Crippen molar-refractivity contribution in [2.24, 2.45) is 23.7 Å². The van der Waals surface area contributed by atoms with Gasteiger partial charge in [-0.3, -0.25) is 4.79 Å². The number of carbonyl (C=O) groups is 1. The second-order valence-electron chi connectivity index (χ2n) is 6.61. The normalized spacial score (nSPS) is 28.4. The summed E-state index contributed by atoms with van der Waals surface area (Å²) in [6.45, 7) is 6.71. The third-order valence-corrected chi connectivity index (χ3v) is 5.20. The molecule has 20 heavy (non-hydrogen) atoms. The molecule has 2 heteroatoms. The zero-order chi connectivity index (χ0) is 14.7. The van der Waals surface area contributed by atoms with Crippen LogP contribution in [0.25, 0.3) is 0 Å². The number of alkyl halides is 1. The van der Waals surface area contributed by atoms with Gasteiger partial charge in [-0.25, -0.2) is 0 Å². The van der Waals surface area contributed by atoms with Crippen LogP contribution >= 0.6 is 11.6 Å². The molecule has 4 atom stereocenters. The second kappa shape index (κ2) is 6.76. The van der Waals surface area contributed by atoms with Crippen molar-refractivity contribution in [2.45, 2.75) is 45.4 Å². The summed E-state index contributed by atoms with van der Waals surface area (Å²) in [6.07, 6.45) is 3.40. The zero-order valence-electron chi connectivity index (χ0n) is 12.7. The van der Waals surface area contributed by atoms with Gasteiger partial charge in [0.2, 0.25) is 0 Å². The lowest BCUT2D eigenvalue weighted by atomic mass is 9.68. The van der Waals surface area contributed by atoms with E-state index in [2.05, 4.69) is 20.8 Å². The summed E-state index contributed by atoms with van der Waals surface area (Å²) >= 11 is 6.46. The van der Waals surface area contributed by atoms with Crippen molar-refractivity contribution in [3.63, 3.8) is 0 Å². The molecule has 1 aromatic rings. The Hall–Kier alpha value is -0.820. The van der Waals surface area contributed by atoms with E-state index in [9.17, 15) is 4.79 Å². The van der Waals surface area contributed by atoms with Crippen molar-refractivity contribution >= 4 is 17.4 Å². The molecular weight excluding hydrogens is 268 g/mol. The van der Waals surface area contributed by atoms with Gasteiger partial charge in [0.15, 0.2) is 5.78 Å². The highest BCUT2D eigenvalue weighted by Crippen LogP contribution is 2.41. The van der Waals surface area contributed by atoms with E-state index in [-0.39, 0.29) is 11.7 Å². The molecule has 0 radical (unpaired) electrons. The number of halogens is 1. The van der Waals surface area contributed by atoms with E-state index in [1.165, 1.54) is 6.42 Å². The molecule has 1 fully saturated rings. The molecule has 1 saturated carbocycles. The predicted molar refractivity (Wildman–Crippen MR) is 84.9 cm³/mol. The van der Waals surface area contributed by atoms with Crippen molar-refractivity contribution in [3.05, 3.63) is 35.9 Å². The molecule has 1 nitrogen and oxygen atoms in total. The van der Waals surface area contributed by atoms with E-state index in [0.29, 0.717) is 17.8 Å². The van der Waals surface area contributed by atoms with Crippen LogP contribution in [-0.4, -0.2) is 5.78 Å². The minimum atomic E-state index is -0.493. The zero-order valence-corrected chi connectivity index (χ0v) is 13.4. The Kier molecular flexibility index (Phi) is 5.26. The number of ketones is 1. The first-order valence-electron chi connectivity index (χ1n) is 7.73. The molecule has 0 amide bonds. The summed E-state index contributed by atoms with van der Waals surface area (Å²) in [7, 11) is 0. The third kappa shape index (κ3) is 3.44. The maximum absolute atomic E-state index is 12.8. The maximum atomic E-state index is 12.8. The maximum Gasteiger partial charge on any atom is 0.158 e. The fraction of sp³-hybridized carbons (Fsp3) is 0.611. The fourth-order valence-corrected chi connectivity index (χ4v) is 3.81. The number of hydrogen-bond acceptors (Lipinski definition) is 1. The Balaban J connectivity index is 2.16. The van der Waals surface area contributed by atoms with Crippen molar-refractivity contribution in [1.29, 1.82) is 0 Å². The lowest BCUT2D eigenvalue weighted by molar-refractivity contribution is -0.126. The molecule has 4 unspecified atom stereocenters. The number of carbonyl (C=O) groups excluding carboxylic acids is 1. The van der Waals surface area contributed by atoms with Gasteiger partial charge in [0.25, 0.3) is 0 Å². The quantitative estimate of drug-likeness (QED) is 0.693. The molecule has 0 aliphatic heterocycles. The molecule has 1 aliphatic rings. The van der Waals surface area contributed by atoms with Gasteiger partial charge < -0.3 is 0 Å². The monoisotopic (exact) mass is 292 g/mol. The first-order valence-corrected chi connectivity index (χ1v) is 8.17. The molecule has 0 spiro atoms. The van der Waals surface area contributed by atoms with Gasteiger partial charge in [-0.1, -0.05) is 57.5 Å². The Morgan fingerprint density at radius 1 is 1.20 bits per heavy atom. The van der Waals surface area contributed by atoms with Gasteiger partial charge in [0.1, 0.15) is 5.38 Å². The number of rotatable bonds is 4. The van der Waals surface area contributed by atoms with Gasteiger partial charge in [-0.15, -0.1) is 11.6 Å². The van der Waals surface area contributed by atoms with Crippen LogP contribution in [0.1, 0.15) is 51.0 Å². The molecule has 0 aromatic heterocycles. The second-order valence-corrected chi connectivity index (χ2v) is 7.04. The largest absolute Gasteiger partial charge is 0.297 e. The van der Waals surface area contributed by atoms with Crippen molar-refractivity contribution in [3.8, 4) is 0 Å². The highest BCUT2D eigenvalue weighted by molar-refractivity contribution is 6.31. The van der Waals surface area contributed by atoms with Crippen molar-refractivity contribution in [2.75, 3.05) is 0 Å². The van der Waals surface area contributed by atoms with E-state index in [1.807, 2.05) is 30.3 Å². The van der Waals surface area contributed by atoms with Crippen LogP contribution in [0.15, 0.2) is 30.3 Å². The lowest BCUT2D eigenvalue weighted by Crippen LogP contribution is -2.34. The summed E-state index contributed by atoms with van der Waals surface area (Å²) in [5.41, 5.74) is 0.930. The minimum Gasteiger partial charge on any atom is -0.297 e. The van der Waals surface area contributed by atoms with Crippen molar-refractivity contribution < 1.29 is 4.79 Å². The SMILES string of the molecule is CC1CCC(C(C)C)C(C(=O)C(Cl)c2ccccc2)C1. The van der Waals surface area contributed by atoms with E-state index < -0.39 is 5.38 Å². The van der Waals surface area contributed by atoms with Crippen LogP contribution in [0, 0.1) is 23.7 Å². The van der Waals surface area contributed by atoms with Crippen molar-refractivity contribution in [1.82, 2.24) is 0 Å². The molecule has 0 N–H and O–H groups in total. The number of hydrogen-bond donors (Lipinski definition) is 0. The van der Waals surface area contributed by atoms with Gasteiger partial charge in [0, 0.05) is 5.92 Å². The molecule has 0 bridgehead atoms. The topological polar surface area (TPSA) is 17.1 Å². The summed E-state index contributed by atoms with van der Waals surface area (Å²) in [5.74, 6) is 2.03. The number of benzene rings is 1. The fourth-order valence-electron chi connectivity index (χ4n) is 3.50. The van der Waals surface area contributed by atoms with Gasteiger partial charge in [-0.05, 0) is 36.2 Å². The number of Topliss-reactive ketones (excluding diaryl/α,β-unsaturated/α-hetero) is 1. The molecule has 1 aliphatic carbocycles. The summed E-state index contributed by atoms with van der Waals surface area (Å²) in [6, 6.07) is 9.75. The Labute approximate surface area is 127 Å². The van der Waals surface area contributed by atoms with Crippen LogP contribution in [-0.2, 0) is 4.79 Å². The van der Waals surface area contributed by atoms with Gasteiger partial charge in [0.05, 0.1) is 0 Å². The standard InChI is InChI=1S/C18H25ClO/c1-12(2)15-10-9-13(3)11-16(15)18(20)17(19)14-7-5-4-6-8-14/h4-8,12-13,15-17H,9-11H2,1-3H3. The van der Waals surface area contributed by atoms with Crippen LogP contribution in [0.5, 0.6) is 0 Å². The van der Waals surface area contributed by atoms with Gasteiger partial charge in [-0.2, -0.15) is 0 Å². The van der Waals surface area contributed by atoms with Crippen LogP contribution < -0.4 is 0 Å². The smallest absolute Gasteiger partial charge is 0.158 e. The van der Waals surface area contributed by atoms with Crippen LogP contribution in [0.2, 0.25) is 0 Å². The Morgan fingerprint density at radius 2 is 1.85 bits per heavy atom. The summed E-state index contributed by atoms with van der Waals surface area (Å²) in [4.78, 5) is 12.8. The molecule has 0 heterocycles. The Bertz CT molecular complexity index is 440. The van der Waals surface area contributed by atoms with E-state index in [4.69, 9.17) is 11.6 Å². The van der Waals surface area contributed by atoms with E-state index in [0.717, 1.165) is 18.4 Å². The first kappa shape index (κ1) is 15.6. The summed E-state index contributed by atoms with van der Waals surface area (Å²) < 4.78 is 0. The Morgan fingerprint density at radius 3 is 2.45 bits per heavy atom. The van der Waals surface area contributed by atoms with Crippen LogP contribution in [0.4, 0.5) is 0 Å². The molecule has 2 rings (SSSR count). The molecule has 110 valence electrons. The molecule has 0 saturated heterocycles. The molecule has 1 aromatic carbocycles. The predicted octanol–water partition coefficient (Wildman–Crippen LogP) is 5.24. The van der Waals surface area contributed by atoms with Crippen LogP contribution in [0.3, 0.4) is 0 Å². The lowest BCUT2D eigenvalue weighted by Gasteiger charge is -2.37. The highest BCUT2D eigenvalue weighted by atomic mass is 35.5. The van der Waals surface area contributed by atoms with E-state index >= 15 is 0 Å². The average Bonchev–Trinajstić information content (AvgIpc) is 2.46. The van der Waals surface area contributed by atoms with E-state index in [1.54, 1.807) is 0 Å². The average molecular weight is 293 g/mol. The third-order valence-electron chi connectivity index (χ3n) is 4.73. The van der Waals surface area contributed by atoms with Gasteiger partial charge >= 0.3 is 0 Å². The first-order chi connectivity index (χ1) is 9.50.